The first-order valence-electron chi connectivity index (χ1n) is 6.97. The minimum absolute atomic E-state index is 0.345. The van der Waals surface area contributed by atoms with Crippen LogP contribution < -0.4 is 0 Å². The molecule has 0 amide bonds. The van der Waals surface area contributed by atoms with Crippen LogP contribution in [0.1, 0.15) is 40.7 Å². The molecule has 0 aliphatic heterocycles. The number of hydrogen-bond donors (Lipinski definition) is 2. The molecule has 2 nitrogen and oxygen atoms in total. The van der Waals surface area contributed by atoms with Gasteiger partial charge in [-0.3, -0.25) is 0 Å². The Morgan fingerprint density at radius 1 is 0.900 bits per heavy atom. The molecule has 1 atom stereocenters. The van der Waals surface area contributed by atoms with Gasteiger partial charge in [0.2, 0.25) is 0 Å². The van der Waals surface area contributed by atoms with Crippen LogP contribution in [0.5, 0.6) is 11.5 Å². The third-order valence-corrected chi connectivity index (χ3v) is 3.89. The van der Waals surface area contributed by atoms with Gasteiger partial charge in [-0.25, -0.2) is 0 Å². The predicted octanol–water partition coefficient (Wildman–Crippen LogP) is 4.37. The van der Waals surface area contributed by atoms with Gasteiger partial charge >= 0.3 is 0 Å². The van der Waals surface area contributed by atoms with Crippen molar-refractivity contribution in [3.63, 3.8) is 0 Å². The average Bonchev–Trinajstić information content (AvgIpc) is 2.39. The third-order valence-electron chi connectivity index (χ3n) is 3.89. The molecule has 1 unspecified atom stereocenters. The van der Waals surface area contributed by atoms with E-state index in [2.05, 4.69) is 19.1 Å². The Morgan fingerprint density at radius 2 is 1.50 bits per heavy atom. The molecule has 2 N–H and O–H groups in total. The zero-order chi connectivity index (χ0) is 14.9. The zero-order valence-electron chi connectivity index (χ0n) is 12.6. The van der Waals surface area contributed by atoms with Crippen molar-refractivity contribution in [2.75, 3.05) is 0 Å². The minimum Gasteiger partial charge on any atom is -0.508 e. The summed E-state index contributed by atoms with van der Waals surface area (Å²) in [5, 5.41) is 19.4. The van der Waals surface area contributed by atoms with Crippen molar-refractivity contribution in [1.29, 1.82) is 0 Å². The Morgan fingerprint density at radius 3 is 2.05 bits per heavy atom. The molecule has 0 spiro atoms. The lowest BCUT2D eigenvalue weighted by atomic mass is 9.90. The molecule has 0 aromatic heterocycles. The first kappa shape index (κ1) is 14.4. The van der Waals surface area contributed by atoms with Crippen molar-refractivity contribution in [2.24, 2.45) is 0 Å². The quantitative estimate of drug-likeness (QED) is 0.869. The van der Waals surface area contributed by atoms with E-state index < -0.39 is 0 Å². The number of phenolic OH excluding ortho intramolecular Hbond substituents is 2. The fraction of sp³-hybridized carbons (Fsp3) is 0.333. The van der Waals surface area contributed by atoms with Gasteiger partial charge in [0.1, 0.15) is 11.5 Å². The number of hydrogen-bond acceptors (Lipinski definition) is 2. The van der Waals surface area contributed by atoms with Crippen LogP contribution in [0.3, 0.4) is 0 Å². The second kappa shape index (κ2) is 5.58. The van der Waals surface area contributed by atoms with Crippen molar-refractivity contribution in [2.45, 2.75) is 40.0 Å². The van der Waals surface area contributed by atoms with Crippen LogP contribution in [0.2, 0.25) is 0 Å². The summed E-state index contributed by atoms with van der Waals surface area (Å²) in [5.41, 5.74) is 5.22. The molecule has 106 valence electrons. The highest BCUT2D eigenvalue weighted by molar-refractivity contribution is 5.43. The lowest BCUT2D eigenvalue weighted by Gasteiger charge is -2.15. The molecule has 2 heteroatoms. The van der Waals surface area contributed by atoms with Crippen LogP contribution in [0.25, 0.3) is 0 Å². The number of aryl methyl sites for hydroxylation is 3. The Hall–Kier alpha value is -1.96. The van der Waals surface area contributed by atoms with Crippen LogP contribution in [-0.2, 0) is 6.42 Å². The summed E-state index contributed by atoms with van der Waals surface area (Å²) < 4.78 is 0. The molecule has 20 heavy (non-hydrogen) atoms. The van der Waals surface area contributed by atoms with Crippen molar-refractivity contribution in [1.82, 2.24) is 0 Å². The molecule has 0 aliphatic carbocycles. The molecule has 0 saturated heterocycles. The molecule has 0 bridgehead atoms. The van der Waals surface area contributed by atoms with Crippen LogP contribution in [0, 0.1) is 20.8 Å². The summed E-state index contributed by atoms with van der Waals surface area (Å²) in [6.07, 6.45) is 0.921. The largest absolute Gasteiger partial charge is 0.508 e. The van der Waals surface area contributed by atoms with E-state index in [4.69, 9.17) is 0 Å². The van der Waals surface area contributed by atoms with Gasteiger partial charge < -0.3 is 10.2 Å². The van der Waals surface area contributed by atoms with Crippen molar-refractivity contribution in [3.05, 3.63) is 58.1 Å². The van der Waals surface area contributed by atoms with Crippen molar-refractivity contribution in [3.8, 4) is 11.5 Å². The van der Waals surface area contributed by atoms with E-state index in [0.29, 0.717) is 17.4 Å². The molecular formula is C18H22O2. The van der Waals surface area contributed by atoms with Gasteiger partial charge in [0.15, 0.2) is 0 Å². The van der Waals surface area contributed by atoms with Gasteiger partial charge in [-0.1, -0.05) is 31.2 Å². The van der Waals surface area contributed by atoms with Crippen molar-refractivity contribution < 1.29 is 10.2 Å². The highest BCUT2D eigenvalue weighted by Crippen LogP contribution is 2.29. The van der Waals surface area contributed by atoms with E-state index in [-0.39, 0.29) is 0 Å². The Labute approximate surface area is 120 Å². The summed E-state index contributed by atoms with van der Waals surface area (Å²) >= 11 is 0. The topological polar surface area (TPSA) is 40.5 Å². The highest BCUT2D eigenvalue weighted by Gasteiger charge is 2.11. The van der Waals surface area contributed by atoms with Gasteiger partial charge in [0, 0.05) is 0 Å². The molecule has 2 aromatic carbocycles. The standard InChI is InChI=1S/C18H22O2/c1-11(7-15-5-6-17(19)12(2)8-15)16-9-13(3)18(20)14(4)10-16/h5-6,8-11,19-20H,7H2,1-4H3. The van der Waals surface area contributed by atoms with Gasteiger partial charge in [0.25, 0.3) is 0 Å². The summed E-state index contributed by atoms with van der Waals surface area (Å²) in [6, 6.07) is 9.87. The maximum atomic E-state index is 9.84. The first-order chi connectivity index (χ1) is 9.38. The zero-order valence-corrected chi connectivity index (χ0v) is 12.6. The van der Waals surface area contributed by atoms with Crippen LogP contribution >= 0.6 is 0 Å². The number of benzene rings is 2. The van der Waals surface area contributed by atoms with E-state index >= 15 is 0 Å². The molecule has 0 aliphatic rings. The second-order valence-corrected chi connectivity index (χ2v) is 5.73. The first-order valence-corrected chi connectivity index (χ1v) is 6.97. The highest BCUT2D eigenvalue weighted by atomic mass is 16.3. The van der Waals surface area contributed by atoms with Gasteiger partial charge in [0.05, 0.1) is 0 Å². The molecule has 2 rings (SSSR count). The number of rotatable bonds is 3. The van der Waals surface area contributed by atoms with E-state index in [1.807, 2.05) is 32.9 Å². The summed E-state index contributed by atoms with van der Waals surface area (Å²) in [4.78, 5) is 0. The van der Waals surface area contributed by atoms with E-state index in [9.17, 15) is 10.2 Å². The number of aromatic hydroxyl groups is 2. The molecule has 0 heterocycles. The normalized spacial score (nSPS) is 12.4. The van der Waals surface area contributed by atoms with Gasteiger partial charge in [-0.15, -0.1) is 0 Å². The summed E-state index contributed by atoms with van der Waals surface area (Å²) in [6.45, 7) is 7.97. The van der Waals surface area contributed by atoms with E-state index in [0.717, 1.165) is 23.1 Å². The van der Waals surface area contributed by atoms with Gasteiger partial charge in [-0.05, 0) is 67.0 Å². The SMILES string of the molecule is Cc1cc(CC(C)c2cc(C)c(O)c(C)c2)ccc1O. The average molecular weight is 270 g/mol. The Balaban J connectivity index is 2.23. The minimum atomic E-state index is 0.345. The van der Waals surface area contributed by atoms with Gasteiger partial charge in [-0.2, -0.15) is 0 Å². The molecule has 0 fully saturated rings. The van der Waals surface area contributed by atoms with Crippen LogP contribution in [-0.4, -0.2) is 10.2 Å². The molecule has 2 aromatic rings. The Bertz CT molecular complexity index is 606. The maximum absolute atomic E-state index is 9.84. The smallest absolute Gasteiger partial charge is 0.121 e. The monoisotopic (exact) mass is 270 g/mol. The van der Waals surface area contributed by atoms with Crippen molar-refractivity contribution >= 4 is 0 Å². The fourth-order valence-corrected chi connectivity index (χ4v) is 2.59. The number of phenols is 2. The Kier molecular flexibility index (Phi) is 4.03. The van der Waals surface area contributed by atoms with E-state index in [1.165, 1.54) is 11.1 Å². The maximum Gasteiger partial charge on any atom is 0.121 e. The molecular weight excluding hydrogens is 248 g/mol. The lowest BCUT2D eigenvalue weighted by Crippen LogP contribution is -2.00. The fourth-order valence-electron chi connectivity index (χ4n) is 2.59. The van der Waals surface area contributed by atoms with E-state index in [1.54, 1.807) is 6.07 Å². The van der Waals surface area contributed by atoms with Crippen LogP contribution in [0.4, 0.5) is 0 Å². The second-order valence-electron chi connectivity index (χ2n) is 5.73. The predicted molar refractivity (Wildman–Crippen MR) is 82.5 cm³/mol. The third kappa shape index (κ3) is 2.96. The molecule has 0 radical (unpaired) electrons. The lowest BCUT2D eigenvalue weighted by molar-refractivity contribution is 0.466. The molecule has 0 saturated carbocycles. The van der Waals surface area contributed by atoms with Crippen LogP contribution in [0.15, 0.2) is 30.3 Å². The summed E-state index contributed by atoms with van der Waals surface area (Å²) in [5.74, 6) is 1.11. The summed E-state index contributed by atoms with van der Waals surface area (Å²) in [7, 11) is 0.